The van der Waals surface area contributed by atoms with Crippen LogP contribution in [0.1, 0.15) is 21.8 Å². The quantitative estimate of drug-likeness (QED) is 0.464. The van der Waals surface area contributed by atoms with E-state index in [0.29, 0.717) is 18.0 Å². The number of anilines is 1. The first-order valence-corrected chi connectivity index (χ1v) is 10.4. The number of nitrogens with one attached hydrogen (secondary N) is 1. The molecular weight excluding hydrogens is 404 g/mol. The summed E-state index contributed by atoms with van der Waals surface area (Å²) in [6.45, 7) is 0.662. The van der Waals surface area contributed by atoms with Crippen molar-refractivity contribution in [3.8, 4) is 0 Å². The number of hydrogen-bond donors (Lipinski definition) is 1. The lowest BCUT2D eigenvalue weighted by Crippen LogP contribution is -2.15. The highest BCUT2D eigenvalue weighted by atomic mass is 35.5. The SMILES string of the molecule is O=C(Cc1csc(Cc2cccc(Cl)c2)n1)Nc1cccc(Cn2cccn2)c1. The van der Waals surface area contributed by atoms with Crippen molar-refractivity contribution in [2.45, 2.75) is 19.4 Å². The number of aromatic nitrogens is 3. The number of rotatable bonds is 7. The largest absolute Gasteiger partial charge is 0.326 e. The van der Waals surface area contributed by atoms with Gasteiger partial charge in [0.2, 0.25) is 5.91 Å². The molecule has 5 nitrogen and oxygen atoms in total. The molecule has 1 amide bonds. The van der Waals surface area contributed by atoms with Gasteiger partial charge in [-0.1, -0.05) is 35.9 Å². The summed E-state index contributed by atoms with van der Waals surface area (Å²) in [7, 11) is 0. The molecule has 0 fully saturated rings. The average Bonchev–Trinajstić information content (AvgIpc) is 3.34. The van der Waals surface area contributed by atoms with Crippen LogP contribution in [0.4, 0.5) is 5.69 Å². The molecule has 0 aliphatic carbocycles. The maximum Gasteiger partial charge on any atom is 0.230 e. The fraction of sp³-hybridized carbons (Fsp3) is 0.136. The van der Waals surface area contributed by atoms with E-state index in [4.69, 9.17) is 11.6 Å². The summed E-state index contributed by atoms with van der Waals surface area (Å²) in [6.07, 6.45) is 4.62. The molecule has 0 saturated heterocycles. The van der Waals surface area contributed by atoms with Gasteiger partial charge in [0.25, 0.3) is 0 Å². The van der Waals surface area contributed by atoms with E-state index in [1.807, 2.05) is 70.9 Å². The first-order valence-electron chi connectivity index (χ1n) is 9.18. The number of amides is 1. The van der Waals surface area contributed by atoms with Crippen LogP contribution in [0.5, 0.6) is 0 Å². The van der Waals surface area contributed by atoms with Gasteiger partial charge in [0.05, 0.1) is 23.7 Å². The Morgan fingerprint density at radius 2 is 1.97 bits per heavy atom. The first kappa shape index (κ1) is 19.4. The van der Waals surface area contributed by atoms with Crippen LogP contribution in [0, 0.1) is 0 Å². The number of nitrogens with zero attached hydrogens (tertiary/aromatic N) is 3. The van der Waals surface area contributed by atoms with Gasteiger partial charge in [0.1, 0.15) is 0 Å². The van der Waals surface area contributed by atoms with Gasteiger partial charge in [0, 0.05) is 34.9 Å². The molecule has 0 atom stereocenters. The van der Waals surface area contributed by atoms with Crippen LogP contribution in [-0.4, -0.2) is 20.7 Å². The molecule has 0 aliphatic heterocycles. The number of carbonyl (C=O) groups excluding carboxylic acids is 1. The average molecular weight is 423 g/mol. The van der Waals surface area contributed by atoms with E-state index in [0.717, 1.165) is 27.5 Å². The van der Waals surface area contributed by atoms with Crippen molar-refractivity contribution >= 4 is 34.5 Å². The molecule has 4 aromatic rings. The summed E-state index contributed by atoms with van der Waals surface area (Å²) >= 11 is 7.60. The normalized spacial score (nSPS) is 10.8. The molecule has 29 heavy (non-hydrogen) atoms. The third-order valence-electron chi connectivity index (χ3n) is 4.30. The summed E-state index contributed by atoms with van der Waals surface area (Å²) in [5.74, 6) is -0.0826. The van der Waals surface area contributed by atoms with Gasteiger partial charge in [-0.15, -0.1) is 11.3 Å². The maximum atomic E-state index is 12.4. The van der Waals surface area contributed by atoms with Crippen molar-refractivity contribution in [3.05, 3.63) is 99.2 Å². The molecule has 0 unspecified atom stereocenters. The van der Waals surface area contributed by atoms with Crippen LogP contribution >= 0.6 is 22.9 Å². The second-order valence-electron chi connectivity index (χ2n) is 6.67. The minimum Gasteiger partial charge on any atom is -0.326 e. The fourth-order valence-electron chi connectivity index (χ4n) is 3.03. The number of carbonyl (C=O) groups is 1. The summed E-state index contributed by atoms with van der Waals surface area (Å²) in [5.41, 5.74) is 3.73. The highest BCUT2D eigenvalue weighted by Crippen LogP contribution is 2.18. The summed E-state index contributed by atoms with van der Waals surface area (Å²) in [5, 5.41) is 10.8. The van der Waals surface area contributed by atoms with Gasteiger partial charge in [-0.25, -0.2) is 4.98 Å². The zero-order valence-electron chi connectivity index (χ0n) is 15.6. The third-order valence-corrected chi connectivity index (χ3v) is 5.43. The molecule has 0 saturated carbocycles. The first-order chi connectivity index (χ1) is 14.1. The molecule has 2 heterocycles. The van der Waals surface area contributed by atoms with E-state index >= 15 is 0 Å². The second-order valence-corrected chi connectivity index (χ2v) is 8.05. The van der Waals surface area contributed by atoms with Crippen molar-refractivity contribution in [1.82, 2.24) is 14.8 Å². The third kappa shape index (κ3) is 5.53. The number of hydrogen-bond acceptors (Lipinski definition) is 4. The predicted octanol–water partition coefficient (Wildman–Crippen LogP) is 4.81. The Bertz CT molecular complexity index is 1110. The zero-order valence-corrected chi connectivity index (χ0v) is 17.2. The molecule has 0 aliphatic rings. The van der Waals surface area contributed by atoms with E-state index in [1.165, 1.54) is 0 Å². The number of benzene rings is 2. The van der Waals surface area contributed by atoms with Gasteiger partial charge < -0.3 is 5.32 Å². The highest BCUT2D eigenvalue weighted by molar-refractivity contribution is 7.09. The Balaban J connectivity index is 1.35. The smallest absolute Gasteiger partial charge is 0.230 e. The van der Waals surface area contributed by atoms with E-state index < -0.39 is 0 Å². The van der Waals surface area contributed by atoms with Crippen molar-refractivity contribution in [2.75, 3.05) is 5.32 Å². The van der Waals surface area contributed by atoms with E-state index in [2.05, 4.69) is 15.4 Å². The minimum atomic E-state index is -0.0826. The molecule has 2 aromatic carbocycles. The van der Waals surface area contributed by atoms with Crippen LogP contribution in [0.3, 0.4) is 0 Å². The zero-order chi connectivity index (χ0) is 20.1. The lowest BCUT2D eigenvalue weighted by molar-refractivity contribution is -0.115. The Morgan fingerprint density at radius 1 is 1.10 bits per heavy atom. The van der Waals surface area contributed by atoms with Crippen molar-refractivity contribution in [2.24, 2.45) is 0 Å². The molecule has 146 valence electrons. The minimum absolute atomic E-state index is 0.0826. The maximum absolute atomic E-state index is 12.4. The monoisotopic (exact) mass is 422 g/mol. The van der Waals surface area contributed by atoms with Crippen LogP contribution in [0.15, 0.2) is 72.4 Å². The van der Waals surface area contributed by atoms with Crippen molar-refractivity contribution in [3.63, 3.8) is 0 Å². The van der Waals surface area contributed by atoms with Crippen molar-refractivity contribution < 1.29 is 4.79 Å². The lowest BCUT2D eigenvalue weighted by Gasteiger charge is -2.07. The molecule has 2 aromatic heterocycles. The van der Waals surface area contributed by atoms with Crippen LogP contribution in [-0.2, 0) is 24.2 Å². The van der Waals surface area contributed by atoms with Gasteiger partial charge in [-0.3, -0.25) is 9.48 Å². The highest BCUT2D eigenvalue weighted by Gasteiger charge is 2.09. The fourth-order valence-corrected chi connectivity index (χ4v) is 4.07. The second kappa shape index (κ2) is 9.03. The summed E-state index contributed by atoms with van der Waals surface area (Å²) in [6, 6.07) is 17.4. The molecular formula is C22H19ClN4OS. The molecule has 4 rings (SSSR count). The standard InChI is InChI=1S/C22H19ClN4OS/c23-18-6-1-4-16(10-18)12-22-26-20(15-29-22)13-21(28)25-19-7-2-5-17(11-19)14-27-9-3-8-24-27/h1-11,15H,12-14H2,(H,25,28). The van der Waals surface area contributed by atoms with Crippen molar-refractivity contribution in [1.29, 1.82) is 0 Å². The number of halogens is 1. The van der Waals surface area contributed by atoms with Gasteiger partial charge in [-0.05, 0) is 41.5 Å². The Morgan fingerprint density at radius 3 is 2.79 bits per heavy atom. The molecule has 7 heteroatoms. The van der Waals surface area contributed by atoms with E-state index in [-0.39, 0.29) is 12.3 Å². The van der Waals surface area contributed by atoms with Crippen LogP contribution in [0.25, 0.3) is 0 Å². The van der Waals surface area contributed by atoms with E-state index in [1.54, 1.807) is 17.5 Å². The Hall–Kier alpha value is -2.96. The molecule has 0 radical (unpaired) electrons. The van der Waals surface area contributed by atoms with Gasteiger partial charge in [0.15, 0.2) is 0 Å². The van der Waals surface area contributed by atoms with Gasteiger partial charge >= 0.3 is 0 Å². The topological polar surface area (TPSA) is 59.8 Å². The van der Waals surface area contributed by atoms with Gasteiger partial charge in [-0.2, -0.15) is 5.10 Å². The molecule has 0 spiro atoms. The summed E-state index contributed by atoms with van der Waals surface area (Å²) in [4.78, 5) is 17.0. The Labute approximate surface area is 178 Å². The number of thiazole rings is 1. The van der Waals surface area contributed by atoms with E-state index in [9.17, 15) is 4.79 Å². The molecule has 1 N–H and O–H groups in total. The lowest BCUT2D eigenvalue weighted by atomic mass is 10.2. The summed E-state index contributed by atoms with van der Waals surface area (Å²) < 4.78 is 1.84. The van der Waals surface area contributed by atoms with Crippen LogP contribution in [0.2, 0.25) is 5.02 Å². The van der Waals surface area contributed by atoms with Crippen LogP contribution < -0.4 is 5.32 Å². The predicted molar refractivity (Wildman–Crippen MR) is 116 cm³/mol. The Kier molecular flexibility index (Phi) is 6.03. The molecule has 0 bridgehead atoms.